The van der Waals surface area contributed by atoms with Crippen LogP contribution in [0, 0.1) is 6.92 Å². The molecular formula is C19H17Br2N3O4S2. The zero-order chi connectivity index (χ0) is 21.9. The van der Waals surface area contributed by atoms with Crippen molar-refractivity contribution in [3.05, 3.63) is 56.5 Å². The number of halogens is 2. The van der Waals surface area contributed by atoms with Gasteiger partial charge in [-0.3, -0.25) is 4.79 Å². The number of amidine groups is 1. The van der Waals surface area contributed by atoms with E-state index in [1.165, 1.54) is 24.0 Å². The predicted molar refractivity (Wildman–Crippen MR) is 126 cm³/mol. The molecule has 7 nitrogen and oxygen atoms in total. The number of rotatable bonds is 6. The maximum Gasteiger partial charge on any atom is 0.340 e. The molecule has 0 aliphatic carbocycles. The van der Waals surface area contributed by atoms with Gasteiger partial charge >= 0.3 is 10.1 Å². The highest BCUT2D eigenvalue weighted by atomic mass is 79.9. The molecule has 1 saturated heterocycles. The molecule has 158 valence electrons. The second kappa shape index (κ2) is 9.63. The number of carbonyl (C=O) groups is 1. The number of hydrogen-bond acceptors (Lipinski definition) is 7. The second-order valence-electron chi connectivity index (χ2n) is 6.31. The highest BCUT2D eigenvalue weighted by Gasteiger charge is 2.28. The van der Waals surface area contributed by atoms with Gasteiger partial charge in [0.05, 0.1) is 11.5 Å². The molecule has 1 N–H and O–H groups in total. The van der Waals surface area contributed by atoms with Crippen LogP contribution in [0.4, 0.5) is 0 Å². The number of aryl methyl sites for hydroxylation is 1. The maximum atomic E-state index is 12.8. The molecular weight excluding hydrogens is 558 g/mol. The van der Waals surface area contributed by atoms with E-state index in [1.807, 2.05) is 13.8 Å². The fourth-order valence-electron chi connectivity index (χ4n) is 2.54. The van der Waals surface area contributed by atoms with Crippen molar-refractivity contribution < 1.29 is 17.4 Å². The van der Waals surface area contributed by atoms with Gasteiger partial charge in [0.25, 0.3) is 0 Å². The fraction of sp³-hybridized carbons (Fsp3) is 0.211. The van der Waals surface area contributed by atoms with E-state index in [2.05, 4.69) is 47.4 Å². The van der Waals surface area contributed by atoms with Gasteiger partial charge in [0.15, 0.2) is 10.9 Å². The van der Waals surface area contributed by atoms with Crippen LogP contribution in [0.15, 0.2) is 60.4 Å². The highest BCUT2D eigenvalue weighted by molar-refractivity contribution is 9.11. The average molecular weight is 575 g/mol. The molecule has 30 heavy (non-hydrogen) atoms. The first kappa shape index (κ1) is 23.0. The third-order valence-electron chi connectivity index (χ3n) is 4.02. The first-order chi connectivity index (χ1) is 14.2. The van der Waals surface area contributed by atoms with Crippen molar-refractivity contribution >= 4 is 71.0 Å². The molecule has 0 unspecified atom stereocenters. The van der Waals surface area contributed by atoms with E-state index < -0.39 is 10.1 Å². The first-order valence-corrected chi connectivity index (χ1v) is 12.7. The number of thioether (sulfide) groups is 1. The van der Waals surface area contributed by atoms with Gasteiger partial charge in [-0.1, -0.05) is 46.2 Å². The van der Waals surface area contributed by atoms with Crippen molar-refractivity contribution in [1.29, 1.82) is 0 Å². The smallest absolute Gasteiger partial charge is 0.340 e. The number of carbonyl (C=O) groups excluding carboxylic acids is 1. The molecule has 1 fully saturated rings. The Balaban J connectivity index is 1.87. The van der Waals surface area contributed by atoms with E-state index >= 15 is 0 Å². The number of nitrogens with one attached hydrogen (secondary N) is 1. The Morgan fingerprint density at radius 3 is 2.70 bits per heavy atom. The van der Waals surface area contributed by atoms with Gasteiger partial charge in [0.2, 0.25) is 5.91 Å². The van der Waals surface area contributed by atoms with Gasteiger partial charge in [0.1, 0.15) is 4.90 Å². The summed E-state index contributed by atoms with van der Waals surface area (Å²) in [4.78, 5) is 11.7. The third-order valence-corrected chi connectivity index (χ3v) is 7.98. The molecule has 1 atom stereocenters. The molecule has 1 aliphatic rings. The van der Waals surface area contributed by atoms with Gasteiger partial charge in [0, 0.05) is 14.5 Å². The lowest BCUT2D eigenvalue weighted by Gasteiger charge is -2.11. The Hall–Kier alpha value is -1.69. The summed E-state index contributed by atoms with van der Waals surface area (Å²) in [6.07, 6.45) is 2.09. The summed E-state index contributed by atoms with van der Waals surface area (Å²) in [5.74, 6) is 0.0210. The summed E-state index contributed by atoms with van der Waals surface area (Å²) in [5.41, 5.74) is 1.34. The molecule has 2 aromatic rings. The number of hydrogen-bond donors (Lipinski definition) is 1. The highest BCUT2D eigenvalue weighted by Crippen LogP contribution is 2.30. The molecule has 3 rings (SSSR count). The van der Waals surface area contributed by atoms with Crippen LogP contribution < -0.4 is 9.50 Å². The monoisotopic (exact) mass is 573 g/mol. The minimum Gasteiger partial charge on any atom is -0.378 e. The molecule has 0 aromatic heterocycles. The zero-order valence-electron chi connectivity index (χ0n) is 15.9. The lowest BCUT2D eigenvalue weighted by Crippen LogP contribution is -2.24. The Kier molecular flexibility index (Phi) is 7.38. The van der Waals surface area contributed by atoms with Crippen LogP contribution in [0.25, 0.3) is 0 Å². The summed E-state index contributed by atoms with van der Waals surface area (Å²) in [7, 11) is -4.10. The van der Waals surface area contributed by atoms with E-state index in [-0.39, 0.29) is 21.8 Å². The molecule has 0 radical (unpaired) electrons. The fourth-order valence-corrected chi connectivity index (χ4v) is 5.81. The zero-order valence-corrected chi connectivity index (χ0v) is 20.7. The van der Waals surface area contributed by atoms with Crippen molar-refractivity contribution in [3.8, 4) is 5.75 Å². The SMILES string of the molecule is CC[C@@H]1SC(=NN=Cc2cc(C)ccc2OS(=O)(=O)c2cc(Br)ccc2Br)NC1=O. The minimum absolute atomic E-state index is 0.00347. The topological polar surface area (TPSA) is 97.2 Å². The number of amides is 1. The molecule has 0 spiro atoms. The van der Waals surface area contributed by atoms with Crippen LogP contribution in [0.3, 0.4) is 0 Å². The maximum absolute atomic E-state index is 12.8. The van der Waals surface area contributed by atoms with Gasteiger partial charge in [-0.25, -0.2) is 0 Å². The van der Waals surface area contributed by atoms with Gasteiger partial charge in [-0.2, -0.15) is 13.5 Å². The molecule has 2 aromatic carbocycles. The summed E-state index contributed by atoms with van der Waals surface area (Å²) >= 11 is 7.82. The lowest BCUT2D eigenvalue weighted by atomic mass is 10.1. The van der Waals surface area contributed by atoms with Crippen LogP contribution in [0.1, 0.15) is 24.5 Å². The molecule has 11 heteroatoms. The van der Waals surface area contributed by atoms with Crippen LogP contribution in [0.5, 0.6) is 5.75 Å². The summed E-state index contributed by atoms with van der Waals surface area (Å²) in [6, 6.07) is 9.83. The number of benzene rings is 2. The Morgan fingerprint density at radius 2 is 2.00 bits per heavy atom. The normalized spacial score (nSPS) is 18.2. The van der Waals surface area contributed by atoms with E-state index in [4.69, 9.17) is 4.18 Å². The van der Waals surface area contributed by atoms with Crippen molar-refractivity contribution in [2.75, 3.05) is 0 Å². The lowest BCUT2D eigenvalue weighted by molar-refractivity contribution is -0.118. The Labute approximate surface area is 195 Å². The van der Waals surface area contributed by atoms with Crippen molar-refractivity contribution in [2.24, 2.45) is 10.2 Å². The molecule has 1 heterocycles. The van der Waals surface area contributed by atoms with Gasteiger partial charge in [-0.05, 0) is 59.6 Å². The van der Waals surface area contributed by atoms with Crippen LogP contribution in [-0.2, 0) is 14.9 Å². The van der Waals surface area contributed by atoms with Crippen LogP contribution in [0.2, 0.25) is 0 Å². The van der Waals surface area contributed by atoms with Crippen LogP contribution in [-0.4, -0.2) is 31.0 Å². The second-order valence-corrected chi connectivity index (χ2v) is 10.8. The Morgan fingerprint density at radius 1 is 1.23 bits per heavy atom. The summed E-state index contributed by atoms with van der Waals surface area (Å²) in [5, 5.41) is 10.9. The summed E-state index contributed by atoms with van der Waals surface area (Å²) < 4.78 is 32.0. The Bertz CT molecular complexity index is 1150. The predicted octanol–water partition coefficient (Wildman–Crippen LogP) is 4.62. The minimum atomic E-state index is -4.10. The first-order valence-electron chi connectivity index (χ1n) is 8.78. The molecule has 0 bridgehead atoms. The van der Waals surface area contributed by atoms with E-state index in [1.54, 1.807) is 30.3 Å². The molecule has 1 aliphatic heterocycles. The van der Waals surface area contributed by atoms with Gasteiger partial charge < -0.3 is 9.50 Å². The molecule has 0 saturated carbocycles. The molecule has 1 amide bonds. The standard InChI is InChI=1S/C19H17Br2N3O4S2/c1-3-16-18(25)23-19(29-16)24-22-10-12-8-11(2)4-7-15(12)28-30(26,27)17-9-13(20)5-6-14(17)21/h4-10,16H,3H2,1-2H3,(H,23,24,25)/t16-/m0/s1. The quantitative estimate of drug-likeness (QED) is 0.308. The van der Waals surface area contributed by atoms with Crippen molar-refractivity contribution in [1.82, 2.24) is 5.32 Å². The van der Waals surface area contributed by atoms with Crippen molar-refractivity contribution in [2.45, 2.75) is 30.4 Å². The van der Waals surface area contributed by atoms with Crippen molar-refractivity contribution in [3.63, 3.8) is 0 Å². The van der Waals surface area contributed by atoms with Crippen LogP contribution >= 0.6 is 43.6 Å². The van der Waals surface area contributed by atoms with E-state index in [0.717, 1.165) is 5.56 Å². The van der Waals surface area contributed by atoms with E-state index in [0.29, 0.717) is 26.1 Å². The number of nitrogens with zero attached hydrogens (tertiary/aromatic N) is 2. The summed E-state index contributed by atoms with van der Waals surface area (Å²) in [6.45, 7) is 3.79. The van der Waals surface area contributed by atoms with Gasteiger partial charge in [-0.15, -0.1) is 5.10 Å². The van der Waals surface area contributed by atoms with E-state index in [9.17, 15) is 13.2 Å². The third kappa shape index (κ3) is 5.51. The largest absolute Gasteiger partial charge is 0.378 e. The average Bonchev–Trinajstić information content (AvgIpc) is 3.05.